The first-order valence-electron chi connectivity index (χ1n) is 14.3. The molecule has 0 aromatic heterocycles. The van der Waals surface area contributed by atoms with E-state index < -0.39 is 11.0 Å². The van der Waals surface area contributed by atoms with Gasteiger partial charge in [-0.2, -0.15) is 0 Å². The molecule has 0 saturated carbocycles. The predicted octanol–water partition coefficient (Wildman–Crippen LogP) is 4.04. The van der Waals surface area contributed by atoms with Gasteiger partial charge in [0, 0.05) is 37.3 Å². The molecule has 222 valence electrons. The third-order valence-corrected chi connectivity index (χ3v) is 7.57. The number of non-ortho nitro benzene ring substituents is 1. The maximum absolute atomic E-state index is 13.7. The van der Waals surface area contributed by atoms with Crippen molar-refractivity contribution in [3.8, 4) is 0 Å². The van der Waals surface area contributed by atoms with Gasteiger partial charge in [0.2, 0.25) is 17.7 Å². The molecule has 1 heterocycles. The molecule has 0 radical (unpaired) electrons. The first kappa shape index (κ1) is 32.9. The van der Waals surface area contributed by atoms with Crippen LogP contribution in [0.2, 0.25) is 0 Å². The van der Waals surface area contributed by atoms with E-state index in [0.29, 0.717) is 11.1 Å². The highest BCUT2D eigenvalue weighted by Gasteiger charge is 2.36. The van der Waals surface area contributed by atoms with E-state index in [0.717, 1.165) is 25.8 Å². The Morgan fingerprint density at radius 3 is 2.38 bits per heavy atom. The molecule has 0 spiro atoms. The highest BCUT2D eigenvalue weighted by Crippen LogP contribution is 2.21. The molecular formula is C30H47N5O5. The van der Waals surface area contributed by atoms with Crippen LogP contribution in [0.4, 0.5) is 5.69 Å². The van der Waals surface area contributed by atoms with Gasteiger partial charge < -0.3 is 15.5 Å². The molecule has 10 heteroatoms. The number of nitrogens with one attached hydrogen (secondary N) is 2. The Morgan fingerprint density at radius 2 is 1.80 bits per heavy atom. The van der Waals surface area contributed by atoms with E-state index in [1.807, 2.05) is 27.7 Å². The Kier molecular flexibility index (Phi) is 12.3. The summed E-state index contributed by atoms with van der Waals surface area (Å²) in [5.41, 5.74) is 1.02. The molecule has 2 rings (SSSR count). The summed E-state index contributed by atoms with van der Waals surface area (Å²) in [6.45, 7) is 14.7. The smallest absolute Gasteiger partial charge is 0.269 e. The predicted molar refractivity (Wildman–Crippen MR) is 156 cm³/mol. The Bertz CT molecular complexity index is 1080. The van der Waals surface area contributed by atoms with Crippen LogP contribution in [-0.2, 0) is 20.9 Å². The lowest BCUT2D eigenvalue weighted by Gasteiger charge is -2.39. The molecule has 0 bridgehead atoms. The number of rotatable bonds is 12. The molecule has 3 atom stereocenters. The van der Waals surface area contributed by atoms with Crippen molar-refractivity contribution >= 4 is 23.4 Å². The number of likely N-dealkylation sites (N-methyl/N-ethyl adjacent to an activating group) is 1. The minimum absolute atomic E-state index is 0.00626. The zero-order valence-corrected chi connectivity index (χ0v) is 25.3. The molecule has 1 aromatic carbocycles. The first-order valence-corrected chi connectivity index (χ1v) is 14.3. The van der Waals surface area contributed by atoms with Crippen LogP contribution in [0.5, 0.6) is 0 Å². The maximum atomic E-state index is 13.7. The standard InChI is InChI=1S/C30H47N5O5/c1-19(2)26(16-22(7)28(36)31-18-23-12-11-13-24(17-23)35(39)40)33(8)30(38)27(20(3)4)32-29(37)25-14-9-10-15-34(25)21(5)6/h11-13,16-17,19-21,25-27H,9-10,14-15,18H2,1-8H3,(H,31,36)(H,32,37)/b22-16+/t25?,26-,27?/m1/s1. The molecular weight excluding hydrogens is 510 g/mol. The molecule has 1 saturated heterocycles. The number of hydrogen-bond donors (Lipinski definition) is 2. The molecule has 40 heavy (non-hydrogen) atoms. The number of carbonyl (C=O) groups is 3. The van der Waals surface area contributed by atoms with Gasteiger partial charge in [0.1, 0.15) is 6.04 Å². The Hall–Kier alpha value is -3.27. The Morgan fingerprint density at radius 1 is 1.12 bits per heavy atom. The molecule has 2 unspecified atom stereocenters. The Labute approximate surface area is 238 Å². The van der Waals surface area contributed by atoms with Gasteiger partial charge in [-0.15, -0.1) is 0 Å². The van der Waals surface area contributed by atoms with E-state index in [2.05, 4.69) is 29.4 Å². The molecule has 1 aromatic rings. The highest BCUT2D eigenvalue weighted by atomic mass is 16.6. The zero-order chi connectivity index (χ0) is 30.1. The van der Waals surface area contributed by atoms with Gasteiger partial charge in [0.25, 0.3) is 5.69 Å². The number of hydrogen-bond acceptors (Lipinski definition) is 6. The van der Waals surface area contributed by atoms with Crippen molar-refractivity contribution in [3.63, 3.8) is 0 Å². The van der Waals surface area contributed by atoms with Crippen molar-refractivity contribution in [3.05, 3.63) is 51.6 Å². The van der Waals surface area contributed by atoms with Crippen molar-refractivity contribution < 1.29 is 19.3 Å². The van der Waals surface area contributed by atoms with Crippen LogP contribution in [0.1, 0.15) is 73.3 Å². The molecule has 1 fully saturated rings. The summed E-state index contributed by atoms with van der Waals surface area (Å²) < 4.78 is 0. The number of carbonyl (C=O) groups excluding carboxylic acids is 3. The van der Waals surface area contributed by atoms with E-state index in [-0.39, 0.29) is 59.9 Å². The van der Waals surface area contributed by atoms with E-state index in [1.54, 1.807) is 37.1 Å². The molecule has 3 amide bonds. The van der Waals surface area contributed by atoms with E-state index in [9.17, 15) is 24.5 Å². The molecule has 0 aliphatic carbocycles. The number of nitro groups is 1. The highest BCUT2D eigenvalue weighted by molar-refractivity contribution is 5.93. The summed E-state index contributed by atoms with van der Waals surface area (Å²) in [7, 11) is 1.71. The van der Waals surface area contributed by atoms with Crippen molar-refractivity contribution in [1.29, 1.82) is 0 Å². The number of benzene rings is 1. The molecule has 1 aliphatic rings. The third-order valence-electron chi connectivity index (χ3n) is 7.57. The summed E-state index contributed by atoms with van der Waals surface area (Å²) in [6.07, 6.45) is 4.61. The lowest BCUT2D eigenvalue weighted by Crippen LogP contribution is -2.58. The topological polar surface area (TPSA) is 125 Å². The number of amides is 3. The van der Waals surface area contributed by atoms with Crippen molar-refractivity contribution in [1.82, 2.24) is 20.4 Å². The molecule has 10 nitrogen and oxygen atoms in total. The summed E-state index contributed by atoms with van der Waals surface area (Å²) in [4.78, 5) is 54.3. The molecule has 1 aliphatic heterocycles. The lowest BCUT2D eigenvalue weighted by atomic mass is 9.95. The van der Waals surface area contributed by atoms with Gasteiger partial charge in [-0.25, -0.2) is 0 Å². The van der Waals surface area contributed by atoms with Crippen LogP contribution in [0.25, 0.3) is 0 Å². The number of nitrogens with zero attached hydrogens (tertiary/aromatic N) is 3. The van der Waals surface area contributed by atoms with Gasteiger partial charge in [-0.1, -0.05) is 52.3 Å². The van der Waals surface area contributed by atoms with Crippen molar-refractivity contribution in [2.75, 3.05) is 13.6 Å². The van der Waals surface area contributed by atoms with Crippen molar-refractivity contribution in [2.24, 2.45) is 11.8 Å². The van der Waals surface area contributed by atoms with Crippen LogP contribution in [-0.4, -0.2) is 70.2 Å². The quantitative estimate of drug-likeness (QED) is 0.227. The number of piperidine rings is 1. The summed E-state index contributed by atoms with van der Waals surface area (Å²) >= 11 is 0. The van der Waals surface area contributed by atoms with Gasteiger partial charge in [-0.05, 0) is 57.6 Å². The largest absolute Gasteiger partial charge is 0.348 e. The summed E-state index contributed by atoms with van der Waals surface area (Å²) in [5.74, 6) is -0.743. The van der Waals surface area contributed by atoms with Gasteiger partial charge in [0.05, 0.1) is 17.0 Å². The first-order chi connectivity index (χ1) is 18.7. The minimum atomic E-state index is -0.689. The van der Waals surface area contributed by atoms with Gasteiger partial charge in [-0.3, -0.25) is 29.4 Å². The van der Waals surface area contributed by atoms with Crippen LogP contribution < -0.4 is 10.6 Å². The second-order valence-electron chi connectivity index (χ2n) is 11.7. The maximum Gasteiger partial charge on any atom is 0.269 e. The van der Waals surface area contributed by atoms with Gasteiger partial charge >= 0.3 is 0 Å². The lowest BCUT2D eigenvalue weighted by molar-refractivity contribution is -0.384. The monoisotopic (exact) mass is 557 g/mol. The van der Waals surface area contributed by atoms with Crippen LogP contribution in [0, 0.1) is 22.0 Å². The van der Waals surface area contributed by atoms with E-state index >= 15 is 0 Å². The summed E-state index contributed by atoms with van der Waals surface area (Å²) in [6, 6.07) is 5.05. The van der Waals surface area contributed by atoms with Crippen LogP contribution in [0.3, 0.4) is 0 Å². The fourth-order valence-electron chi connectivity index (χ4n) is 5.17. The van der Waals surface area contributed by atoms with Gasteiger partial charge in [0.15, 0.2) is 0 Å². The van der Waals surface area contributed by atoms with E-state index in [4.69, 9.17) is 0 Å². The zero-order valence-electron chi connectivity index (χ0n) is 25.3. The average Bonchev–Trinajstić information content (AvgIpc) is 2.91. The average molecular weight is 558 g/mol. The van der Waals surface area contributed by atoms with Crippen LogP contribution in [0.15, 0.2) is 35.9 Å². The van der Waals surface area contributed by atoms with Crippen LogP contribution >= 0.6 is 0 Å². The number of nitro benzene ring substituents is 1. The second-order valence-corrected chi connectivity index (χ2v) is 11.7. The third kappa shape index (κ3) is 8.87. The fourth-order valence-corrected chi connectivity index (χ4v) is 5.17. The SMILES string of the molecule is C/C(=C\[C@H](C(C)C)N(C)C(=O)C(NC(=O)C1CCCCN1C(C)C)C(C)C)C(=O)NCc1cccc([N+](=O)[O-])c1. The van der Waals surface area contributed by atoms with E-state index in [1.165, 1.54) is 12.1 Å². The minimum Gasteiger partial charge on any atom is -0.348 e. The fraction of sp³-hybridized carbons (Fsp3) is 0.633. The Balaban J connectivity index is 2.14. The number of likely N-dealkylation sites (tertiary alicyclic amines) is 1. The second kappa shape index (κ2) is 14.9. The van der Waals surface area contributed by atoms with Crippen molar-refractivity contribution in [2.45, 2.75) is 98.4 Å². The normalized spacial score (nSPS) is 18.0. The molecule has 2 N–H and O–H groups in total. The summed E-state index contributed by atoms with van der Waals surface area (Å²) in [5, 5.41) is 16.9.